The van der Waals surface area contributed by atoms with Crippen LogP contribution >= 0.6 is 0 Å². The summed E-state index contributed by atoms with van der Waals surface area (Å²) in [5.41, 5.74) is 1.05. The van der Waals surface area contributed by atoms with Crippen LogP contribution < -0.4 is 0 Å². The molecule has 0 saturated heterocycles. The molecule has 0 aromatic heterocycles. The number of nitrogens with zero attached hydrogens (tertiary/aromatic N) is 1. The van der Waals surface area contributed by atoms with Crippen molar-refractivity contribution in [3.05, 3.63) is 47.0 Å². The monoisotopic (exact) mass is 203 g/mol. The Balaban J connectivity index is 2.93. The Kier molecular flexibility index (Phi) is 2.12. The Morgan fingerprint density at radius 3 is 2.53 bits per heavy atom. The summed E-state index contributed by atoms with van der Waals surface area (Å²) in [7, 11) is 0. The van der Waals surface area contributed by atoms with Crippen LogP contribution in [0.25, 0.3) is 10.8 Å². The highest BCUT2D eigenvalue weighted by Crippen LogP contribution is 2.24. The molecule has 2 aromatic rings. The van der Waals surface area contributed by atoms with Crippen LogP contribution in [0.15, 0.2) is 24.3 Å². The average molecular weight is 203 g/mol. The van der Waals surface area contributed by atoms with Crippen molar-refractivity contribution < 1.29 is 8.78 Å². The SMILES string of the molecule is Cc1cc(C#N)cc2cc(F)cc(F)c12. The van der Waals surface area contributed by atoms with Gasteiger partial charge in [-0.3, -0.25) is 0 Å². The largest absolute Gasteiger partial charge is 0.207 e. The predicted octanol–water partition coefficient (Wildman–Crippen LogP) is 3.30. The molecule has 0 aliphatic rings. The summed E-state index contributed by atoms with van der Waals surface area (Å²) < 4.78 is 26.4. The fraction of sp³-hybridized carbons (Fsp3) is 0.0833. The van der Waals surface area contributed by atoms with Crippen molar-refractivity contribution in [2.45, 2.75) is 6.92 Å². The summed E-state index contributed by atoms with van der Waals surface area (Å²) in [6.07, 6.45) is 0. The van der Waals surface area contributed by atoms with Crippen molar-refractivity contribution in [1.82, 2.24) is 0 Å². The fourth-order valence-corrected chi connectivity index (χ4v) is 1.70. The minimum Gasteiger partial charge on any atom is -0.207 e. The van der Waals surface area contributed by atoms with Gasteiger partial charge in [0.1, 0.15) is 11.6 Å². The number of hydrogen-bond donors (Lipinski definition) is 0. The Morgan fingerprint density at radius 2 is 1.87 bits per heavy atom. The van der Waals surface area contributed by atoms with Gasteiger partial charge in [-0.15, -0.1) is 0 Å². The molecule has 74 valence electrons. The summed E-state index contributed by atoms with van der Waals surface area (Å²) in [6.45, 7) is 1.70. The normalized spacial score (nSPS) is 10.3. The van der Waals surface area contributed by atoms with Crippen LogP contribution in [0.3, 0.4) is 0 Å². The molecule has 1 nitrogen and oxygen atoms in total. The van der Waals surface area contributed by atoms with E-state index in [-0.39, 0.29) is 0 Å². The molecular formula is C12H7F2N. The van der Waals surface area contributed by atoms with Gasteiger partial charge in [0.2, 0.25) is 0 Å². The van der Waals surface area contributed by atoms with Crippen LogP contribution in [0, 0.1) is 29.9 Å². The molecular weight excluding hydrogens is 196 g/mol. The molecule has 2 rings (SSSR count). The number of benzene rings is 2. The maximum Gasteiger partial charge on any atom is 0.134 e. The Labute approximate surface area is 85.6 Å². The topological polar surface area (TPSA) is 23.8 Å². The zero-order chi connectivity index (χ0) is 11.0. The van der Waals surface area contributed by atoms with E-state index in [4.69, 9.17) is 5.26 Å². The molecule has 0 spiro atoms. The van der Waals surface area contributed by atoms with Gasteiger partial charge >= 0.3 is 0 Å². The summed E-state index contributed by atoms with van der Waals surface area (Å²) >= 11 is 0. The van der Waals surface area contributed by atoms with Crippen LogP contribution in [-0.4, -0.2) is 0 Å². The first kappa shape index (κ1) is 9.60. The lowest BCUT2D eigenvalue weighted by molar-refractivity contribution is 0.592. The van der Waals surface area contributed by atoms with E-state index in [2.05, 4.69) is 0 Å². The zero-order valence-corrected chi connectivity index (χ0v) is 8.01. The first-order chi connectivity index (χ1) is 7.11. The summed E-state index contributed by atoms with van der Waals surface area (Å²) in [6, 6.07) is 7.10. The molecule has 0 aliphatic heterocycles. The van der Waals surface area contributed by atoms with Crippen molar-refractivity contribution in [1.29, 1.82) is 5.26 Å². The predicted molar refractivity (Wildman–Crippen MR) is 53.3 cm³/mol. The second kappa shape index (κ2) is 3.32. The molecule has 3 heteroatoms. The van der Waals surface area contributed by atoms with E-state index < -0.39 is 11.6 Å². The average Bonchev–Trinajstić information content (AvgIpc) is 2.15. The van der Waals surface area contributed by atoms with Crippen molar-refractivity contribution in [2.75, 3.05) is 0 Å². The number of hydrogen-bond acceptors (Lipinski definition) is 1. The second-order valence-corrected chi connectivity index (χ2v) is 3.39. The Morgan fingerprint density at radius 1 is 1.13 bits per heavy atom. The lowest BCUT2D eigenvalue weighted by Crippen LogP contribution is -1.88. The molecule has 0 bridgehead atoms. The molecule has 0 N–H and O–H groups in total. The third-order valence-corrected chi connectivity index (χ3v) is 2.29. The lowest BCUT2D eigenvalue weighted by Gasteiger charge is -2.04. The molecule has 0 fully saturated rings. The molecule has 0 amide bonds. The van der Waals surface area contributed by atoms with Gasteiger partial charge in [0.25, 0.3) is 0 Å². The lowest BCUT2D eigenvalue weighted by atomic mass is 10.0. The van der Waals surface area contributed by atoms with Crippen molar-refractivity contribution in [2.24, 2.45) is 0 Å². The highest BCUT2D eigenvalue weighted by molar-refractivity contribution is 5.87. The van der Waals surface area contributed by atoms with E-state index >= 15 is 0 Å². The maximum absolute atomic E-state index is 13.4. The van der Waals surface area contributed by atoms with Crippen molar-refractivity contribution in [3.63, 3.8) is 0 Å². The first-order valence-electron chi connectivity index (χ1n) is 4.41. The number of fused-ring (bicyclic) bond motifs is 1. The molecule has 0 saturated carbocycles. The van der Waals surface area contributed by atoms with Crippen LogP contribution in [0.1, 0.15) is 11.1 Å². The van der Waals surface area contributed by atoms with Crippen LogP contribution in [0.4, 0.5) is 8.78 Å². The van der Waals surface area contributed by atoms with Gasteiger partial charge in [0, 0.05) is 11.5 Å². The van der Waals surface area contributed by atoms with Crippen LogP contribution in [-0.2, 0) is 0 Å². The minimum atomic E-state index is -0.630. The Hall–Kier alpha value is -1.95. The molecule has 0 heterocycles. The molecule has 0 atom stereocenters. The third-order valence-electron chi connectivity index (χ3n) is 2.29. The summed E-state index contributed by atoms with van der Waals surface area (Å²) in [4.78, 5) is 0. The second-order valence-electron chi connectivity index (χ2n) is 3.39. The van der Waals surface area contributed by atoms with Crippen LogP contribution in [0.5, 0.6) is 0 Å². The van der Waals surface area contributed by atoms with Crippen molar-refractivity contribution >= 4 is 10.8 Å². The molecule has 0 aliphatic carbocycles. The van der Waals surface area contributed by atoms with E-state index in [1.54, 1.807) is 13.0 Å². The summed E-state index contributed by atoms with van der Waals surface area (Å²) in [5, 5.41) is 9.51. The van der Waals surface area contributed by atoms with Gasteiger partial charge in [-0.1, -0.05) is 0 Å². The van der Waals surface area contributed by atoms with Gasteiger partial charge in [-0.05, 0) is 36.1 Å². The van der Waals surface area contributed by atoms with Crippen LogP contribution in [0.2, 0.25) is 0 Å². The quantitative estimate of drug-likeness (QED) is 0.644. The number of rotatable bonds is 0. The number of aryl methyl sites for hydroxylation is 1. The zero-order valence-electron chi connectivity index (χ0n) is 8.01. The maximum atomic E-state index is 13.4. The molecule has 0 radical (unpaired) electrons. The minimum absolute atomic E-state index is 0.371. The van der Waals surface area contributed by atoms with E-state index in [1.165, 1.54) is 12.1 Å². The standard InChI is InChI=1S/C12H7F2N/c1-7-2-8(6-15)3-9-4-10(13)5-11(14)12(7)9/h2-5H,1H3. The summed E-state index contributed by atoms with van der Waals surface area (Å²) in [5.74, 6) is -1.22. The van der Waals surface area contributed by atoms with E-state index in [9.17, 15) is 8.78 Å². The molecule has 0 unspecified atom stereocenters. The van der Waals surface area contributed by atoms with Gasteiger partial charge in [-0.25, -0.2) is 8.78 Å². The Bertz CT molecular complexity index is 582. The highest BCUT2D eigenvalue weighted by atomic mass is 19.1. The van der Waals surface area contributed by atoms with E-state index in [0.717, 1.165) is 6.07 Å². The smallest absolute Gasteiger partial charge is 0.134 e. The fourth-order valence-electron chi connectivity index (χ4n) is 1.70. The molecule has 2 aromatic carbocycles. The first-order valence-corrected chi connectivity index (χ1v) is 4.41. The van der Waals surface area contributed by atoms with E-state index in [0.29, 0.717) is 21.9 Å². The van der Waals surface area contributed by atoms with Crippen molar-refractivity contribution in [3.8, 4) is 6.07 Å². The highest BCUT2D eigenvalue weighted by Gasteiger charge is 2.07. The third kappa shape index (κ3) is 1.55. The number of halogens is 2. The van der Waals surface area contributed by atoms with Gasteiger partial charge in [0.15, 0.2) is 0 Å². The van der Waals surface area contributed by atoms with Gasteiger partial charge < -0.3 is 0 Å². The number of nitriles is 1. The molecule has 15 heavy (non-hydrogen) atoms. The van der Waals surface area contributed by atoms with Gasteiger partial charge in [0.05, 0.1) is 11.6 Å². The van der Waals surface area contributed by atoms with E-state index in [1.807, 2.05) is 6.07 Å². The van der Waals surface area contributed by atoms with Gasteiger partial charge in [-0.2, -0.15) is 5.26 Å².